The average Bonchev–Trinajstić information content (AvgIpc) is 2.65. The molecule has 1 heterocycles. The van der Waals surface area contributed by atoms with Crippen molar-refractivity contribution >= 4 is 5.69 Å². The van der Waals surface area contributed by atoms with Crippen molar-refractivity contribution in [2.24, 2.45) is 0 Å². The number of hydrogen-bond donors (Lipinski definition) is 1. The van der Waals surface area contributed by atoms with Crippen molar-refractivity contribution < 1.29 is 17.9 Å². The second-order valence-electron chi connectivity index (χ2n) is 4.49. The van der Waals surface area contributed by atoms with Gasteiger partial charge in [0.15, 0.2) is 6.61 Å². The summed E-state index contributed by atoms with van der Waals surface area (Å²) in [5.74, 6) is 0.244. The average molecular weight is 274 g/mol. The van der Waals surface area contributed by atoms with Gasteiger partial charge in [-0.3, -0.25) is 0 Å². The quantitative estimate of drug-likeness (QED) is 0.916. The van der Waals surface area contributed by atoms with Crippen LogP contribution in [0, 0.1) is 0 Å². The number of anilines is 1. The van der Waals surface area contributed by atoms with E-state index in [1.807, 2.05) is 0 Å². The number of nitrogens with zero attached hydrogens (tertiary/aromatic N) is 1. The Morgan fingerprint density at radius 3 is 2.53 bits per heavy atom. The van der Waals surface area contributed by atoms with E-state index in [9.17, 15) is 13.2 Å². The Balaban J connectivity index is 1.93. The van der Waals surface area contributed by atoms with Gasteiger partial charge in [0.25, 0.3) is 0 Å². The lowest BCUT2D eigenvalue weighted by atomic mass is 10.2. The molecule has 2 rings (SSSR count). The first-order valence-electron chi connectivity index (χ1n) is 6.30. The van der Waals surface area contributed by atoms with E-state index in [4.69, 9.17) is 0 Å². The normalized spacial score (nSPS) is 17.1. The number of nitrogens with one attached hydrogen (secondary N) is 1. The minimum atomic E-state index is -4.30. The van der Waals surface area contributed by atoms with Crippen molar-refractivity contribution in [2.75, 3.05) is 37.7 Å². The summed E-state index contributed by atoms with van der Waals surface area (Å²) in [4.78, 5) is 2.22. The highest BCUT2D eigenvalue weighted by Gasteiger charge is 2.28. The van der Waals surface area contributed by atoms with Gasteiger partial charge in [0, 0.05) is 25.3 Å². The first kappa shape index (κ1) is 14.0. The molecular formula is C13H17F3N2O. The first-order chi connectivity index (χ1) is 9.04. The lowest BCUT2D eigenvalue weighted by Crippen LogP contribution is -2.27. The van der Waals surface area contributed by atoms with Gasteiger partial charge in [0.2, 0.25) is 0 Å². The Hall–Kier alpha value is -1.43. The largest absolute Gasteiger partial charge is 0.484 e. The Labute approximate surface area is 110 Å². The Bertz CT molecular complexity index is 384. The first-order valence-corrected chi connectivity index (χ1v) is 6.30. The van der Waals surface area contributed by atoms with Crippen LogP contribution in [0.2, 0.25) is 0 Å². The molecule has 0 radical (unpaired) electrons. The SMILES string of the molecule is FC(F)(F)COc1ccc(N2CCCNCC2)cc1. The lowest BCUT2D eigenvalue weighted by Gasteiger charge is -2.22. The molecule has 0 unspecified atom stereocenters. The number of alkyl halides is 3. The zero-order valence-electron chi connectivity index (χ0n) is 10.5. The third-order valence-corrected chi connectivity index (χ3v) is 2.94. The molecule has 0 atom stereocenters. The highest BCUT2D eigenvalue weighted by Crippen LogP contribution is 2.22. The Morgan fingerprint density at radius 2 is 1.84 bits per heavy atom. The molecule has 0 amide bonds. The van der Waals surface area contributed by atoms with Crippen molar-refractivity contribution in [2.45, 2.75) is 12.6 Å². The summed E-state index contributed by atoms with van der Waals surface area (Å²) in [6.45, 7) is 2.54. The van der Waals surface area contributed by atoms with Crippen LogP contribution in [-0.4, -0.2) is 39.0 Å². The van der Waals surface area contributed by atoms with Crippen molar-refractivity contribution in [3.8, 4) is 5.75 Å². The van der Waals surface area contributed by atoms with Crippen LogP contribution < -0.4 is 15.0 Å². The molecule has 0 spiro atoms. The van der Waals surface area contributed by atoms with Crippen LogP contribution >= 0.6 is 0 Å². The van der Waals surface area contributed by atoms with Gasteiger partial charge >= 0.3 is 6.18 Å². The molecule has 1 fully saturated rings. The zero-order valence-corrected chi connectivity index (χ0v) is 10.5. The monoisotopic (exact) mass is 274 g/mol. The molecule has 0 bridgehead atoms. The molecule has 1 aliphatic heterocycles. The second kappa shape index (κ2) is 6.14. The van der Waals surface area contributed by atoms with Gasteiger partial charge in [-0.25, -0.2) is 0 Å². The molecule has 1 N–H and O–H groups in total. The van der Waals surface area contributed by atoms with Crippen molar-refractivity contribution in [3.05, 3.63) is 24.3 Å². The van der Waals surface area contributed by atoms with E-state index in [0.29, 0.717) is 0 Å². The minimum Gasteiger partial charge on any atom is -0.484 e. The van der Waals surface area contributed by atoms with E-state index in [0.717, 1.165) is 38.3 Å². The van der Waals surface area contributed by atoms with Crippen LogP contribution in [0.3, 0.4) is 0 Å². The Morgan fingerprint density at radius 1 is 1.11 bits per heavy atom. The van der Waals surface area contributed by atoms with E-state index in [1.165, 1.54) is 0 Å². The highest BCUT2D eigenvalue weighted by atomic mass is 19.4. The molecule has 19 heavy (non-hydrogen) atoms. The van der Waals surface area contributed by atoms with Gasteiger partial charge < -0.3 is 15.0 Å². The number of hydrogen-bond acceptors (Lipinski definition) is 3. The van der Waals surface area contributed by atoms with Crippen LogP contribution in [0.4, 0.5) is 18.9 Å². The van der Waals surface area contributed by atoms with Gasteiger partial charge in [-0.15, -0.1) is 0 Å². The van der Waals surface area contributed by atoms with Crippen molar-refractivity contribution in [1.29, 1.82) is 0 Å². The van der Waals surface area contributed by atoms with Crippen LogP contribution in [0.5, 0.6) is 5.75 Å². The molecule has 1 aromatic carbocycles. The number of halogens is 3. The summed E-state index contributed by atoms with van der Waals surface area (Å²) >= 11 is 0. The number of benzene rings is 1. The van der Waals surface area contributed by atoms with E-state index in [-0.39, 0.29) is 5.75 Å². The van der Waals surface area contributed by atoms with Crippen molar-refractivity contribution in [3.63, 3.8) is 0 Å². The van der Waals surface area contributed by atoms with Crippen molar-refractivity contribution in [1.82, 2.24) is 5.32 Å². The van der Waals surface area contributed by atoms with Gasteiger partial charge in [0.05, 0.1) is 0 Å². The standard InChI is InChI=1S/C13H17F3N2O/c14-13(15,16)10-19-12-4-2-11(3-5-12)18-8-1-6-17-7-9-18/h2-5,17H,1,6-10H2. The van der Waals surface area contributed by atoms with E-state index in [2.05, 4.69) is 15.0 Å². The van der Waals surface area contributed by atoms with Gasteiger partial charge in [0.1, 0.15) is 5.75 Å². The summed E-state index contributed by atoms with van der Waals surface area (Å²) in [6, 6.07) is 6.77. The molecule has 1 aromatic rings. The maximum atomic E-state index is 12.0. The fourth-order valence-corrected chi connectivity index (χ4v) is 2.02. The number of rotatable bonds is 3. The zero-order chi connectivity index (χ0) is 13.7. The molecule has 1 aliphatic rings. The van der Waals surface area contributed by atoms with E-state index in [1.54, 1.807) is 24.3 Å². The predicted octanol–water partition coefficient (Wildman–Crippen LogP) is 2.43. The number of ether oxygens (including phenoxy) is 1. The summed E-state index contributed by atoms with van der Waals surface area (Å²) in [6.07, 6.45) is -3.23. The van der Waals surface area contributed by atoms with Crippen LogP contribution in [0.1, 0.15) is 6.42 Å². The molecule has 6 heteroatoms. The molecule has 0 saturated carbocycles. The predicted molar refractivity (Wildman–Crippen MR) is 67.7 cm³/mol. The molecular weight excluding hydrogens is 257 g/mol. The Kier molecular flexibility index (Phi) is 4.52. The summed E-state index contributed by atoms with van der Waals surface area (Å²) in [5, 5.41) is 3.30. The fraction of sp³-hybridized carbons (Fsp3) is 0.538. The second-order valence-corrected chi connectivity index (χ2v) is 4.49. The van der Waals surface area contributed by atoms with E-state index < -0.39 is 12.8 Å². The highest BCUT2D eigenvalue weighted by molar-refractivity contribution is 5.49. The molecule has 0 aliphatic carbocycles. The lowest BCUT2D eigenvalue weighted by molar-refractivity contribution is -0.153. The maximum absolute atomic E-state index is 12.0. The van der Waals surface area contributed by atoms with Crippen LogP contribution in [-0.2, 0) is 0 Å². The van der Waals surface area contributed by atoms with Gasteiger partial charge in [-0.1, -0.05) is 0 Å². The summed E-state index contributed by atoms with van der Waals surface area (Å²) in [5.41, 5.74) is 1.02. The molecule has 106 valence electrons. The minimum absolute atomic E-state index is 0.244. The van der Waals surface area contributed by atoms with E-state index >= 15 is 0 Å². The third kappa shape index (κ3) is 4.63. The van der Waals surface area contributed by atoms with Gasteiger partial charge in [-0.2, -0.15) is 13.2 Å². The fourth-order valence-electron chi connectivity index (χ4n) is 2.02. The molecule has 1 saturated heterocycles. The summed E-state index contributed by atoms with van der Waals surface area (Å²) in [7, 11) is 0. The van der Waals surface area contributed by atoms with Crippen LogP contribution in [0.15, 0.2) is 24.3 Å². The topological polar surface area (TPSA) is 24.5 Å². The summed E-state index contributed by atoms with van der Waals surface area (Å²) < 4.78 is 40.7. The molecule has 3 nitrogen and oxygen atoms in total. The molecule has 0 aromatic heterocycles. The third-order valence-electron chi connectivity index (χ3n) is 2.94. The smallest absolute Gasteiger partial charge is 0.422 e. The van der Waals surface area contributed by atoms with Crippen LogP contribution in [0.25, 0.3) is 0 Å². The maximum Gasteiger partial charge on any atom is 0.422 e. The van der Waals surface area contributed by atoms with Gasteiger partial charge in [-0.05, 0) is 37.2 Å².